The topological polar surface area (TPSA) is 60.2 Å². The number of ether oxygens (including phenoxy) is 1. The Morgan fingerprint density at radius 2 is 2.27 bits per heavy atom. The Morgan fingerprint density at radius 1 is 1.53 bits per heavy atom. The molecule has 3 N–H and O–H groups in total. The molecule has 1 aromatic rings. The third-order valence-corrected chi connectivity index (χ3v) is 2.28. The Labute approximate surface area is 90.8 Å². The van der Waals surface area contributed by atoms with Gasteiger partial charge in [0.1, 0.15) is 0 Å². The van der Waals surface area contributed by atoms with E-state index in [1.807, 2.05) is 12.1 Å². The van der Waals surface area contributed by atoms with E-state index in [2.05, 4.69) is 24.3 Å². The maximum absolute atomic E-state index is 5.54. The molecule has 0 bridgehead atoms. The van der Waals surface area contributed by atoms with Gasteiger partial charge in [-0.2, -0.15) is 0 Å². The van der Waals surface area contributed by atoms with Crippen LogP contribution in [0.2, 0.25) is 0 Å². The molecule has 0 radical (unpaired) electrons. The highest BCUT2D eigenvalue weighted by Crippen LogP contribution is 2.26. The van der Waals surface area contributed by atoms with E-state index in [-0.39, 0.29) is 6.04 Å². The lowest BCUT2D eigenvalue weighted by atomic mass is 9.98. The van der Waals surface area contributed by atoms with Crippen LogP contribution in [-0.2, 0) is 0 Å². The predicted molar refractivity (Wildman–Crippen MR) is 60.3 cm³/mol. The zero-order valence-corrected chi connectivity index (χ0v) is 9.53. The molecule has 1 atom stereocenters. The van der Waals surface area contributed by atoms with Gasteiger partial charge in [0.25, 0.3) is 0 Å². The molecule has 0 amide bonds. The van der Waals surface area contributed by atoms with Crippen LogP contribution >= 0.6 is 0 Å². The number of aromatic nitrogens is 1. The quantitative estimate of drug-likeness (QED) is 0.571. The van der Waals surface area contributed by atoms with Crippen molar-refractivity contribution in [2.75, 3.05) is 7.11 Å². The molecule has 0 spiro atoms. The van der Waals surface area contributed by atoms with E-state index in [4.69, 9.17) is 10.6 Å². The van der Waals surface area contributed by atoms with Gasteiger partial charge < -0.3 is 4.74 Å². The fraction of sp³-hybridized carbons (Fsp3) is 0.545. The number of rotatable bonds is 5. The second-order valence-corrected chi connectivity index (χ2v) is 3.95. The van der Waals surface area contributed by atoms with E-state index in [1.54, 1.807) is 13.3 Å². The molecular formula is C11H19N3O. The fourth-order valence-electron chi connectivity index (χ4n) is 1.60. The maximum atomic E-state index is 5.54. The number of nitrogens with two attached hydrogens (primary N) is 1. The minimum Gasteiger partial charge on any atom is -0.481 e. The molecule has 0 saturated heterocycles. The van der Waals surface area contributed by atoms with Crippen LogP contribution in [0.25, 0.3) is 0 Å². The van der Waals surface area contributed by atoms with Gasteiger partial charge in [-0.1, -0.05) is 19.9 Å². The van der Waals surface area contributed by atoms with Gasteiger partial charge in [0.2, 0.25) is 5.88 Å². The maximum Gasteiger partial charge on any atom is 0.217 e. The van der Waals surface area contributed by atoms with Crippen molar-refractivity contribution in [2.45, 2.75) is 26.3 Å². The smallest absolute Gasteiger partial charge is 0.217 e. The summed E-state index contributed by atoms with van der Waals surface area (Å²) in [6.07, 6.45) is 2.67. The zero-order chi connectivity index (χ0) is 11.3. The molecule has 1 unspecified atom stereocenters. The second kappa shape index (κ2) is 5.68. The summed E-state index contributed by atoms with van der Waals surface area (Å²) >= 11 is 0. The molecule has 84 valence electrons. The first-order chi connectivity index (χ1) is 7.19. The number of nitrogens with one attached hydrogen (secondary N) is 1. The van der Waals surface area contributed by atoms with Crippen LogP contribution in [0.4, 0.5) is 0 Å². The molecule has 0 fully saturated rings. The SMILES string of the molecule is COc1ncccc1C(CC(C)C)NN. The second-order valence-electron chi connectivity index (χ2n) is 3.95. The normalized spacial score (nSPS) is 12.9. The first-order valence-electron chi connectivity index (χ1n) is 5.14. The van der Waals surface area contributed by atoms with Crippen LogP contribution in [0.5, 0.6) is 5.88 Å². The third kappa shape index (κ3) is 3.18. The molecule has 0 saturated carbocycles. The van der Waals surface area contributed by atoms with Crippen molar-refractivity contribution in [3.8, 4) is 5.88 Å². The Bertz CT molecular complexity index is 302. The summed E-state index contributed by atoms with van der Waals surface area (Å²) in [5.74, 6) is 6.75. The summed E-state index contributed by atoms with van der Waals surface area (Å²) in [5, 5.41) is 0. The van der Waals surface area contributed by atoms with Gasteiger partial charge in [0.05, 0.1) is 13.2 Å². The summed E-state index contributed by atoms with van der Waals surface area (Å²) in [4.78, 5) is 4.16. The molecule has 0 aromatic carbocycles. The minimum atomic E-state index is 0.0913. The number of hydrogen-bond acceptors (Lipinski definition) is 4. The van der Waals surface area contributed by atoms with Gasteiger partial charge in [-0.25, -0.2) is 4.98 Å². The van der Waals surface area contributed by atoms with Gasteiger partial charge in [0, 0.05) is 11.8 Å². The zero-order valence-electron chi connectivity index (χ0n) is 9.53. The Hall–Kier alpha value is -1.13. The van der Waals surface area contributed by atoms with Gasteiger partial charge in [-0.05, 0) is 18.4 Å². The van der Waals surface area contributed by atoms with Crippen molar-refractivity contribution in [3.63, 3.8) is 0 Å². The van der Waals surface area contributed by atoms with Crippen molar-refractivity contribution in [1.82, 2.24) is 10.4 Å². The molecule has 1 rings (SSSR count). The standard InChI is InChI=1S/C11H19N3O/c1-8(2)7-10(14-12)9-5-4-6-13-11(9)15-3/h4-6,8,10,14H,7,12H2,1-3H3. The Morgan fingerprint density at radius 3 is 2.80 bits per heavy atom. The first kappa shape index (κ1) is 11.9. The van der Waals surface area contributed by atoms with E-state index >= 15 is 0 Å². The number of nitrogens with zero attached hydrogens (tertiary/aromatic N) is 1. The lowest BCUT2D eigenvalue weighted by Gasteiger charge is -2.19. The van der Waals surface area contributed by atoms with Crippen molar-refractivity contribution >= 4 is 0 Å². The highest BCUT2D eigenvalue weighted by molar-refractivity contribution is 5.28. The first-order valence-corrected chi connectivity index (χ1v) is 5.14. The Balaban J connectivity index is 2.90. The van der Waals surface area contributed by atoms with Crippen LogP contribution in [-0.4, -0.2) is 12.1 Å². The largest absolute Gasteiger partial charge is 0.481 e. The summed E-state index contributed by atoms with van der Waals surface area (Å²) < 4.78 is 5.20. The summed E-state index contributed by atoms with van der Waals surface area (Å²) in [6.45, 7) is 4.32. The van der Waals surface area contributed by atoms with Crippen molar-refractivity contribution < 1.29 is 4.74 Å². The molecule has 0 aliphatic heterocycles. The average Bonchev–Trinajstić information content (AvgIpc) is 2.25. The van der Waals surface area contributed by atoms with Crippen LogP contribution in [0.1, 0.15) is 31.9 Å². The van der Waals surface area contributed by atoms with E-state index in [1.165, 1.54) is 0 Å². The van der Waals surface area contributed by atoms with Crippen LogP contribution in [0.3, 0.4) is 0 Å². The molecule has 0 aliphatic carbocycles. The predicted octanol–water partition coefficient (Wildman–Crippen LogP) is 1.64. The molecule has 0 aliphatic rings. The van der Waals surface area contributed by atoms with Crippen molar-refractivity contribution in [3.05, 3.63) is 23.9 Å². The highest BCUT2D eigenvalue weighted by Gasteiger charge is 2.16. The van der Waals surface area contributed by atoms with Gasteiger partial charge in [-0.3, -0.25) is 11.3 Å². The van der Waals surface area contributed by atoms with E-state index in [0.717, 1.165) is 12.0 Å². The molecule has 15 heavy (non-hydrogen) atoms. The average molecular weight is 209 g/mol. The van der Waals surface area contributed by atoms with Crippen molar-refractivity contribution in [2.24, 2.45) is 11.8 Å². The highest BCUT2D eigenvalue weighted by atomic mass is 16.5. The lowest BCUT2D eigenvalue weighted by Crippen LogP contribution is -2.29. The van der Waals surface area contributed by atoms with Gasteiger partial charge in [-0.15, -0.1) is 0 Å². The van der Waals surface area contributed by atoms with Crippen LogP contribution in [0, 0.1) is 5.92 Å². The van der Waals surface area contributed by atoms with E-state index < -0.39 is 0 Å². The van der Waals surface area contributed by atoms with E-state index in [9.17, 15) is 0 Å². The monoisotopic (exact) mass is 209 g/mol. The number of hydrogen-bond donors (Lipinski definition) is 2. The number of methoxy groups -OCH3 is 1. The fourth-order valence-corrected chi connectivity index (χ4v) is 1.60. The molecule has 1 heterocycles. The van der Waals surface area contributed by atoms with Gasteiger partial charge in [0.15, 0.2) is 0 Å². The molecule has 4 nitrogen and oxygen atoms in total. The summed E-state index contributed by atoms with van der Waals surface area (Å²) in [5.41, 5.74) is 3.81. The molecule has 1 aromatic heterocycles. The number of hydrazine groups is 1. The van der Waals surface area contributed by atoms with Crippen LogP contribution in [0.15, 0.2) is 18.3 Å². The van der Waals surface area contributed by atoms with Crippen molar-refractivity contribution in [1.29, 1.82) is 0 Å². The van der Waals surface area contributed by atoms with Crippen LogP contribution < -0.4 is 16.0 Å². The molecular weight excluding hydrogens is 190 g/mol. The minimum absolute atomic E-state index is 0.0913. The molecule has 4 heteroatoms. The Kier molecular flexibility index (Phi) is 4.52. The third-order valence-electron chi connectivity index (χ3n) is 2.28. The van der Waals surface area contributed by atoms with Gasteiger partial charge >= 0.3 is 0 Å². The summed E-state index contributed by atoms with van der Waals surface area (Å²) in [7, 11) is 1.62. The lowest BCUT2D eigenvalue weighted by molar-refractivity contribution is 0.370. The summed E-state index contributed by atoms with van der Waals surface area (Å²) in [6, 6.07) is 3.97. The number of pyridine rings is 1. The van der Waals surface area contributed by atoms with E-state index in [0.29, 0.717) is 11.8 Å².